The fraction of sp³-hybridized carbons (Fsp3) is 0. The lowest BCUT2D eigenvalue weighted by molar-refractivity contribution is 1.05. The highest BCUT2D eigenvalue weighted by atomic mass is 15.1. The van der Waals surface area contributed by atoms with E-state index in [4.69, 9.17) is 15.0 Å². The zero-order valence-electron chi connectivity index (χ0n) is 75.1. The van der Waals surface area contributed by atoms with E-state index in [2.05, 4.69) is 519 Å². The average Bonchev–Trinajstić information content (AvgIpc) is 1.57. The molecule has 0 unspecified atom stereocenters. The first-order valence-electron chi connectivity index (χ1n) is 47.1. The highest BCUT2D eigenvalue weighted by molar-refractivity contribution is 6.26. The maximum atomic E-state index is 5.36. The lowest BCUT2D eigenvalue weighted by Gasteiger charge is -2.13. The minimum Gasteiger partial charge on any atom is -0.309 e. The normalized spacial score (nSPS) is 11.6. The molecule has 0 fully saturated rings. The smallest absolute Gasteiger partial charge is 0.162 e. The van der Waals surface area contributed by atoms with E-state index in [1.54, 1.807) is 0 Å². The summed E-state index contributed by atoms with van der Waals surface area (Å²) in [6.45, 7) is 0. The van der Waals surface area contributed by atoms with Crippen molar-refractivity contribution in [3.63, 3.8) is 0 Å². The van der Waals surface area contributed by atoms with E-state index in [1.807, 2.05) is 24.3 Å². The van der Waals surface area contributed by atoms with Crippen LogP contribution in [0.3, 0.4) is 0 Å². The number of hydrogen-bond acceptors (Lipinski definition) is 3. The largest absolute Gasteiger partial charge is 0.309 e. The molecule has 9 heteroatoms. The Bertz CT molecular complexity index is 8880. The van der Waals surface area contributed by atoms with Crippen molar-refractivity contribution in [2.24, 2.45) is 0 Å². The molecule has 0 saturated carbocycles. The summed E-state index contributed by atoms with van der Waals surface area (Å²) in [6.07, 6.45) is 0. The minimum atomic E-state index is 0.697. The van der Waals surface area contributed by atoms with E-state index in [0.29, 0.717) is 5.82 Å². The molecule has 28 rings (SSSR count). The molecular formula is C129H85N9. The second kappa shape index (κ2) is 33.9. The Labute approximate surface area is 796 Å². The van der Waals surface area contributed by atoms with E-state index in [-0.39, 0.29) is 0 Å². The van der Waals surface area contributed by atoms with Crippen LogP contribution in [0.5, 0.6) is 0 Å². The van der Waals surface area contributed by atoms with Crippen molar-refractivity contribution in [3.05, 3.63) is 516 Å². The standard InChI is InChI=1S/C47H31N3.C46H30N4.C36H24N2/c1-4-16-32(17-5-1)34-30-40(33-18-6-2-7-19-33)48-45(31-34)50-42-27-13-11-23-39(42)47-37(25-15-29-44(47)50)36-24-14-28-43-46(36)38-22-10-12-26-41(38)49(43)35-20-8-3-9-21-35;1-4-16-31(17-5-1)38-30-43(48-46(47-38)32-18-6-2-7-19-32)50-40-27-13-11-23-37(40)45-35(25-15-29-42(45)50)34-24-14-28-41-44(34)36-22-10-12-26-39(36)49(41)33-20-8-3-9-21-33;1-3-13-25(14-4-1)37-31-21-9-7-17-29(31)35-27(19-11-23-33(35)37)28-20-12-24-34-36(28)30-18-8-10-22-32(30)38(34)26-15-5-2-6-16-26/h1-31H;1-30H;1-24H. The topological polar surface area (TPSA) is 68.2 Å². The first-order valence-corrected chi connectivity index (χ1v) is 47.1. The number of fused-ring (bicyclic) bond motifs is 18. The third-order valence-electron chi connectivity index (χ3n) is 27.4. The second-order valence-corrected chi connectivity index (χ2v) is 35.2. The van der Waals surface area contributed by atoms with Crippen LogP contribution >= 0.6 is 0 Å². The Morgan fingerprint density at radius 1 is 0.130 bits per heavy atom. The molecule has 8 aromatic heterocycles. The van der Waals surface area contributed by atoms with Gasteiger partial charge in [-0.3, -0.25) is 9.13 Å². The van der Waals surface area contributed by atoms with Crippen LogP contribution in [-0.4, -0.2) is 42.4 Å². The maximum absolute atomic E-state index is 5.36. The molecular weight excluding hydrogens is 1680 g/mol. The highest BCUT2D eigenvalue weighted by Crippen LogP contribution is 2.50. The predicted octanol–water partition coefficient (Wildman–Crippen LogP) is 33.5. The quantitative estimate of drug-likeness (QED) is 0.116. The van der Waals surface area contributed by atoms with Crippen molar-refractivity contribution in [1.82, 2.24) is 42.4 Å². The molecule has 28 aromatic rings. The molecule has 0 N–H and O–H groups in total. The van der Waals surface area contributed by atoms with Crippen molar-refractivity contribution in [2.45, 2.75) is 0 Å². The molecule has 0 spiro atoms. The van der Waals surface area contributed by atoms with Gasteiger partial charge in [-0.15, -0.1) is 0 Å². The molecule has 646 valence electrons. The van der Waals surface area contributed by atoms with E-state index in [9.17, 15) is 0 Å². The molecule has 0 amide bonds. The number of para-hydroxylation sites is 10. The van der Waals surface area contributed by atoms with E-state index >= 15 is 0 Å². The third-order valence-corrected chi connectivity index (χ3v) is 27.4. The lowest BCUT2D eigenvalue weighted by atomic mass is 9.95. The van der Waals surface area contributed by atoms with Crippen LogP contribution in [0.25, 0.3) is 244 Å². The molecule has 0 aliphatic rings. The molecule has 0 radical (unpaired) electrons. The SMILES string of the molecule is c1ccc(-c2cc(-c3ccccc3)nc(-n3c4ccccc4c4c(-c5cccc6c5c5ccccc5n6-c5ccccc5)cccc43)c2)cc1.c1ccc(-c2cc(-n3c4ccccc4c4c(-c5cccc6c5c5ccccc5n6-c5ccccc5)cccc43)nc(-c3ccccc3)n2)cc1.c1ccc(-n2c3ccccc3c3c(-c4cccc5c4c4ccccc4n5-c4ccccc4)cccc32)cc1. The van der Waals surface area contributed by atoms with Gasteiger partial charge in [0, 0.05) is 110 Å². The molecule has 8 heterocycles. The number of nitrogens with zero attached hydrogens (tertiary/aromatic N) is 9. The van der Waals surface area contributed by atoms with Gasteiger partial charge in [-0.05, 0) is 178 Å². The van der Waals surface area contributed by atoms with Crippen molar-refractivity contribution in [3.8, 4) is 113 Å². The Hall–Kier alpha value is -18.6. The summed E-state index contributed by atoms with van der Waals surface area (Å²) in [5, 5.41) is 14.9. The summed E-state index contributed by atoms with van der Waals surface area (Å²) in [5.74, 6) is 2.43. The number of benzene rings is 20. The first-order chi connectivity index (χ1) is 68.6. The van der Waals surface area contributed by atoms with Crippen LogP contribution in [0.2, 0.25) is 0 Å². The average molecular weight is 1760 g/mol. The molecule has 0 saturated heterocycles. The Morgan fingerprint density at radius 2 is 0.341 bits per heavy atom. The van der Waals surface area contributed by atoms with Crippen LogP contribution in [0.1, 0.15) is 0 Å². The van der Waals surface area contributed by atoms with Crippen LogP contribution < -0.4 is 0 Å². The monoisotopic (exact) mass is 1760 g/mol. The number of pyridine rings is 1. The predicted molar refractivity (Wildman–Crippen MR) is 577 cm³/mol. The van der Waals surface area contributed by atoms with Crippen molar-refractivity contribution >= 4 is 131 Å². The van der Waals surface area contributed by atoms with Gasteiger partial charge in [-0.2, -0.15) is 0 Å². The fourth-order valence-corrected chi connectivity index (χ4v) is 21.6. The summed E-state index contributed by atoms with van der Waals surface area (Å²) in [4.78, 5) is 15.7. The van der Waals surface area contributed by atoms with Gasteiger partial charge < -0.3 is 18.3 Å². The number of hydrogen-bond donors (Lipinski definition) is 0. The van der Waals surface area contributed by atoms with Gasteiger partial charge in [0.2, 0.25) is 0 Å². The van der Waals surface area contributed by atoms with E-state index in [1.165, 1.54) is 154 Å². The zero-order chi connectivity index (χ0) is 91.1. The second-order valence-electron chi connectivity index (χ2n) is 35.2. The Balaban J connectivity index is 0.000000108. The highest BCUT2D eigenvalue weighted by Gasteiger charge is 2.28. The van der Waals surface area contributed by atoms with Crippen molar-refractivity contribution < 1.29 is 0 Å². The van der Waals surface area contributed by atoms with Gasteiger partial charge >= 0.3 is 0 Å². The zero-order valence-corrected chi connectivity index (χ0v) is 75.1. The Kier molecular flexibility index (Phi) is 19.7. The van der Waals surface area contributed by atoms with Crippen LogP contribution in [-0.2, 0) is 0 Å². The minimum absolute atomic E-state index is 0.697. The van der Waals surface area contributed by atoms with Gasteiger partial charge in [0.25, 0.3) is 0 Å². The molecule has 0 atom stereocenters. The molecule has 20 aromatic carbocycles. The van der Waals surface area contributed by atoms with Gasteiger partial charge in [0.1, 0.15) is 11.6 Å². The summed E-state index contributed by atoms with van der Waals surface area (Å²) in [6, 6.07) is 184. The van der Waals surface area contributed by atoms with Crippen LogP contribution in [0, 0.1) is 0 Å². The molecule has 0 aliphatic carbocycles. The van der Waals surface area contributed by atoms with Crippen molar-refractivity contribution in [1.29, 1.82) is 0 Å². The lowest BCUT2D eigenvalue weighted by Crippen LogP contribution is -2.02. The molecule has 0 bridgehead atoms. The van der Waals surface area contributed by atoms with Gasteiger partial charge in [-0.25, -0.2) is 15.0 Å². The van der Waals surface area contributed by atoms with E-state index in [0.717, 1.165) is 84.3 Å². The number of aromatic nitrogens is 9. The van der Waals surface area contributed by atoms with Gasteiger partial charge in [0.05, 0.1) is 77.6 Å². The molecule has 138 heavy (non-hydrogen) atoms. The van der Waals surface area contributed by atoms with E-state index < -0.39 is 0 Å². The van der Waals surface area contributed by atoms with Crippen LogP contribution in [0.4, 0.5) is 0 Å². The van der Waals surface area contributed by atoms with Gasteiger partial charge in [-0.1, -0.05) is 376 Å². The molecule has 0 aliphatic heterocycles. The summed E-state index contributed by atoms with van der Waals surface area (Å²) >= 11 is 0. The Morgan fingerprint density at radius 3 is 0.623 bits per heavy atom. The number of rotatable bonds is 13. The fourth-order valence-electron chi connectivity index (χ4n) is 21.6. The summed E-state index contributed by atoms with van der Waals surface area (Å²) in [5.41, 5.74) is 33.4. The van der Waals surface area contributed by atoms with Gasteiger partial charge in [0.15, 0.2) is 5.82 Å². The first kappa shape index (κ1) is 80.3. The third kappa shape index (κ3) is 13.5. The summed E-state index contributed by atoms with van der Waals surface area (Å²) in [7, 11) is 0. The summed E-state index contributed by atoms with van der Waals surface area (Å²) < 4.78 is 14.2. The van der Waals surface area contributed by atoms with Crippen molar-refractivity contribution in [2.75, 3.05) is 0 Å². The maximum Gasteiger partial charge on any atom is 0.162 e. The van der Waals surface area contributed by atoms with Crippen LogP contribution in [0.15, 0.2) is 516 Å². The molecule has 9 nitrogen and oxygen atoms in total.